The van der Waals surface area contributed by atoms with Gasteiger partial charge in [-0.3, -0.25) is 4.90 Å². The molecule has 0 amide bonds. The van der Waals surface area contributed by atoms with Crippen LogP contribution in [0.1, 0.15) is 11.3 Å². The predicted molar refractivity (Wildman–Crippen MR) is 77.4 cm³/mol. The average Bonchev–Trinajstić information content (AvgIpc) is 2.85. The molecule has 0 bridgehead atoms. The van der Waals surface area contributed by atoms with Crippen LogP contribution in [-0.2, 0) is 20.1 Å². The molecule has 0 atom stereocenters. The van der Waals surface area contributed by atoms with E-state index < -0.39 is 0 Å². The lowest BCUT2D eigenvalue weighted by atomic mass is 10.2. The molecule has 21 heavy (non-hydrogen) atoms. The van der Waals surface area contributed by atoms with Crippen LogP contribution in [0, 0.1) is 5.82 Å². The monoisotopic (exact) mass is 293 g/mol. The molecule has 1 N–H and O–H groups in total. The van der Waals surface area contributed by atoms with E-state index in [1.807, 2.05) is 22.6 Å². The SMILES string of the molecule is COc1ccc(CN(CCO)Cc2cncn2C)cc1F. The third-order valence-electron chi connectivity index (χ3n) is 3.34. The van der Waals surface area contributed by atoms with Gasteiger partial charge in [0.2, 0.25) is 0 Å². The van der Waals surface area contributed by atoms with Crippen LogP contribution in [0.4, 0.5) is 4.39 Å². The summed E-state index contributed by atoms with van der Waals surface area (Å²) < 4.78 is 20.6. The first-order valence-electron chi connectivity index (χ1n) is 6.75. The Hall–Kier alpha value is -1.92. The molecule has 1 aromatic heterocycles. The lowest BCUT2D eigenvalue weighted by molar-refractivity contribution is 0.181. The van der Waals surface area contributed by atoms with E-state index >= 15 is 0 Å². The van der Waals surface area contributed by atoms with E-state index in [9.17, 15) is 9.50 Å². The van der Waals surface area contributed by atoms with Gasteiger partial charge < -0.3 is 14.4 Å². The van der Waals surface area contributed by atoms with Gasteiger partial charge in [-0.15, -0.1) is 0 Å². The van der Waals surface area contributed by atoms with Gasteiger partial charge in [-0.25, -0.2) is 9.37 Å². The first kappa shape index (κ1) is 15.5. The van der Waals surface area contributed by atoms with Gasteiger partial charge in [0.15, 0.2) is 11.6 Å². The van der Waals surface area contributed by atoms with Gasteiger partial charge in [0.1, 0.15) is 0 Å². The number of aryl methyl sites for hydroxylation is 1. The van der Waals surface area contributed by atoms with Crippen molar-refractivity contribution in [1.29, 1.82) is 0 Å². The molecule has 114 valence electrons. The van der Waals surface area contributed by atoms with E-state index in [1.54, 1.807) is 18.6 Å². The molecule has 0 aliphatic heterocycles. The third-order valence-corrected chi connectivity index (χ3v) is 3.34. The highest BCUT2D eigenvalue weighted by Gasteiger charge is 2.11. The minimum Gasteiger partial charge on any atom is -0.494 e. The Morgan fingerprint density at radius 3 is 2.76 bits per heavy atom. The molecule has 0 aliphatic rings. The van der Waals surface area contributed by atoms with Crippen molar-refractivity contribution in [3.63, 3.8) is 0 Å². The summed E-state index contributed by atoms with van der Waals surface area (Å²) in [5, 5.41) is 9.19. The Balaban J connectivity index is 2.09. The molecule has 5 nitrogen and oxygen atoms in total. The topological polar surface area (TPSA) is 50.5 Å². The summed E-state index contributed by atoms with van der Waals surface area (Å²) in [4.78, 5) is 6.12. The summed E-state index contributed by atoms with van der Waals surface area (Å²) >= 11 is 0. The highest BCUT2D eigenvalue weighted by atomic mass is 19.1. The standard InChI is InChI=1S/C15H20FN3O2/c1-18-11-17-8-13(18)10-19(5-6-20)9-12-3-4-15(21-2)14(16)7-12/h3-4,7-8,11,20H,5-6,9-10H2,1-2H3. The number of imidazole rings is 1. The van der Waals surface area contributed by atoms with Crippen molar-refractivity contribution in [3.8, 4) is 5.75 Å². The number of rotatable bonds is 7. The number of halogens is 1. The summed E-state index contributed by atoms with van der Waals surface area (Å²) in [5.74, 6) is -0.140. The zero-order valence-electron chi connectivity index (χ0n) is 12.3. The fourth-order valence-corrected chi connectivity index (χ4v) is 2.19. The van der Waals surface area contributed by atoms with Crippen molar-refractivity contribution in [2.45, 2.75) is 13.1 Å². The van der Waals surface area contributed by atoms with Gasteiger partial charge in [-0.2, -0.15) is 0 Å². The maximum absolute atomic E-state index is 13.7. The maximum atomic E-state index is 13.7. The fraction of sp³-hybridized carbons (Fsp3) is 0.400. The van der Waals surface area contributed by atoms with Crippen molar-refractivity contribution in [2.24, 2.45) is 7.05 Å². The average molecular weight is 293 g/mol. The lowest BCUT2D eigenvalue weighted by Crippen LogP contribution is -2.27. The number of aliphatic hydroxyl groups is 1. The van der Waals surface area contributed by atoms with Crippen LogP contribution < -0.4 is 4.74 Å². The summed E-state index contributed by atoms with van der Waals surface area (Å²) in [5.41, 5.74) is 1.88. The van der Waals surface area contributed by atoms with E-state index in [-0.39, 0.29) is 18.2 Å². The Labute approximate surface area is 123 Å². The van der Waals surface area contributed by atoms with Crippen LogP contribution in [0.25, 0.3) is 0 Å². The van der Waals surface area contributed by atoms with Gasteiger partial charge in [0.25, 0.3) is 0 Å². The minimum atomic E-state index is -0.375. The number of ether oxygens (including phenoxy) is 1. The van der Waals surface area contributed by atoms with Crippen LogP contribution in [-0.4, -0.2) is 39.8 Å². The van der Waals surface area contributed by atoms with Crippen molar-refractivity contribution < 1.29 is 14.2 Å². The number of aromatic nitrogens is 2. The van der Waals surface area contributed by atoms with Crippen LogP contribution in [0.5, 0.6) is 5.75 Å². The van der Waals surface area contributed by atoms with Crippen molar-refractivity contribution in [1.82, 2.24) is 14.5 Å². The molecule has 1 heterocycles. The molecule has 1 aromatic carbocycles. The molecule has 0 aliphatic carbocycles. The summed E-state index contributed by atoms with van der Waals surface area (Å²) in [6.07, 6.45) is 3.53. The Morgan fingerprint density at radius 2 is 2.19 bits per heavy atom. The summed E-state index contributed by atoms with van der Waals surface area (Å²) in [7, 11) is 3.37. The summed E-state index contributed by atoms with van der Waals surface area (Å²) in [6.45, 7) is 1.76. The van der Waals surface area contributed by atoms with Gasteiger partial charge in [-0.1, -0.05) is 6.07 Å². The van der Waals surface area contributed by atoms with E-state index in [1.165, 1.54) is 13.2 Å². The maximum Gasteiger partial charge on any atom is 0.165 e. The second-order valence-electron chi connectivity index (χ2n) is 4.90. The van der Waals surface area contributed by atoms with Crippen molar-refractivity contribution >= 4 is 0 Å². The van der Waals surface area contributed by atoms with Crippen LogP contribution in [0.2, 0.25) is 0 Å². The van der Waals surface area contributed by atoms with E-state index in [4.69, 9.17) is 4.74 Å². The number of hydrogen-bond acceptors (Lipinski definition) is 4. The largest absolute Gasteiger partial charge is 0.494 e. The van der Waals surface area contributed by atoms with Gasteiger partial charge in [-0.05, 0) is 17.7 Å². The van der Waals surface area contributed by atoms with E-state index in [0.29, 0.717) is 19.6 Å². The second-order valence-corrected chi connectivity index (χ2v) is 4.90. The fourth-order valence-electron chi connectivity index (χ4n) is 2.19. The molecule has 0 radical (unpaired) electrons. The third kappa shape index (κ3) is 4.03. The van der Waals surface area contributed by atoms with Crippen LogP contribution >= 0.6 is 0 Å². The molecule has 0 saturated heterocycles. The molecule has 6 heteroatoms. The second kappa shape index (κ2) is 7.19. The van der Waals surface area contributed by atoms with Gasteiger partial charge in [0.05, 0.1) is 25.7 Å². The highest BCUT2D eigenvalue weighted by Crippen LogP contribution is 2.19. The van der Waals surface area contributed by atoms with E-state index in [2.05, 4.69) is 4.98 Å². The number of hydrogen-bond donors (Lipinski definition) is 1. The first-order valence-corrected chi connectivity index (χ1v) is 6.75. The zero-order valence-corrected chi connectivity index (χ0v) is 12.3. The Morgan fingerprint density at radius 1 is 1.38 bits per heavy atom. The van der Waals surface area contributed by atoms with Crippen molar-refractivity contribution in [3.05, 3.63) is 47.8 Å². The molecular weight excluding hydrogens is 273 g/mol. The molecule has 0 unspecified atom stereocenters. The Kier molecular flexibility index (Phi) is 5.30. The quantitative estimate of drug-likeness (QED) is 0.842. The number of methoxy groups -OCH3 is 1. The van der Waals surface area contributed by atoms with Crippen molar-refractivity contribution in [2.75, 3.05) is 20.3 Å². The normalized spacial score (nSPS) is 11.1. The summed E-state index contributed by atoms with van der Waals surface area (Å²) in [6, 6.07) is 4.91. The first-order chi connectivity index (χ1) is 10.1. The van der Waals surface area contributed by atoms with Gasteiger partial charge in [0, 0.05) is 32.9 Å². The van der Waals surface area contributed by atoms with Crippen LogP contribution in [0.3, 0.4) is 0 Å². The molecule has 0 saturated carbocycles. The molecule has 0 fully saturated rings. The van der Waals surface area contributed by atoms with Crippen LogP contribution in [0.15, 0.2) is 30.7 Å². The molecule has 2 aromatic rings. The lowest BCUT2D eigenvalue weighted by Gasteiger charge is -2.21. The smallest absolute Gasteiger partial charge is 0.165 e. The Bertz CT molecular complexity index is 586. The number of nitrogens with zero attached hydrogens (tertiary/aromatic N) is 3. The number of aliphatic hydroxyl groups excluding tert-OH is 1. The van der Waals surface area contributed by atoms with E-state index in [0.717, 1.165) is 11.3 Å². The number of benzene rings is 1. The minimum absolute atomic E-state index is 0.0521. The van der Waals surface area contributed by atoms with Gasteiger partial charge >= 0.3 is 0 Å². The zero-order chi connectivity index (χ0) is 15.2. The molecular formula is C15H20FN3O2. The predicted octanol–water partition coefficient (Wildman–Crippen LogP) is 1.56. The highest BCUT2D eigenvalue weighted by molar-refractivity contribution is 5.29. The molecule has 0 spiro atoms. The molecule has 2 rings (SSSR count).